The number of ketones is 1. The first-order valence-electron chi connectivity index (χ1n) is 5.81. The van der Waals surface area contributed by atoms with E-state index in [1.165, 1.54) is 14.2 Å². The monoisotopic (exact) mass is 258 g/mol. The summed E-state index contributed by atoms with van der Waals surface area (Å²) in [7, 11) is 2.35. The van der Waals surface area contributed by atoms with Crippen LogP contribution in [0.3, 0.4) is 0 Å². The third-order valence-corrected chi connectivity index (χ3v) is 3.04. The maximum Gasteiger partial charge on any atom is 0.320 e. The zero-order valence-electron chi connectivity index (χ0n) is 10.6. The highest BCUT2D eigenvalue weighted by Gasteiger charge is 2.42. The van der Waals surface area contributed by atoms with E-state index in [1.54, 1.807) is 0 Å². The zero-order chi connectivity index (χ0) is 13.8. The van der Waals surface area contributed by atoms with Crippen LogP contribution >= 0.6 is 0 Å². The predicted octanol–water partition coefficient (Wildman–Crippen LogP) is 0.213. The fraction of sp³-hybridized carbons (Fsp3) is 0.750. The smallest absolute Gasteiger partial charge is 0.320 e. The topological polar surface area (TPSA) is 89.9 Å². The highest BCUT2D eigenvalue weighted by molar-refractivity contribution is 5.95. The molecule has 1 aliphatic carbocycles. The molecule has 6 heteroatoms. The molecular formula is C12H18O6. The van der Waals surface area contributed by atoms with Crippen molar-refractivity contribution in [1.82, 2.24) is 0 Å². The lowest BCUT2D eigenvalue weighted by Gasteiger charge is -2.12. The van der Waals surface area contributed by atoms with Crippen molar-refractivity contribution in [3.05, 3.63) is 0 Å². The largest absolute Gasteiger partial charge is 0.468 e. The first-order chi connectivity index (χ1) is 8.41. The maximum atomic E-state index is 11.6. The van der Waals surface area contributed by atoms with Crippen molar-refractivity contribution in [2.45, 2.75) is 37.7 Å². The summed E-state index contributed by atoms with van der Waals surface area (Å²) >= 11 is 0. The summed E-state index contributed by atoms with van der Waals surface area (Å²) in [6.45, 7) is 0. The molecular weight excluding hydrogens is 240 g/mol. The fourth-order valence-corrected chi connectivity index (χ4v) is 1.70. The van der Waals surface area contributed by atoms with Crippen molar-refractivity contribution in [1.29, 1.82) is 0 Å². The van der Waals surface area contributed by atoms with Crippen LogP contribution in [0.5, 0.6) is 0 Å². The molecule has 0 saturated heterocycles. The van der Waals surface area contributed by atoms with Gasteiger partial charge in [0.15, 0.2) is 5.92 Å². The zero-order valence-corrected chi connectivity index (χ0v) is 10.6. The van der Waals surface area contributed by atoms with E-state index in [4.69, 9.17) is 0 Å². The first kappa shape index (κ1) is 14.6. The normalized spacial score (nSPS) is 16.2. The number of methoxy groups -OCH3 is 2. The molecule has 0 spiro atoms. The lowest BCUT2D eigenvalue weighted by Crippen LogP contribution is -2.27. The van der Waals surface area contributed by atoms with Gasteiger partial charge in [0.2, 0.25) is 0 Å². The molecule has 0 aromatic carbocycles. The molecule has 0 heterocycles. The van der Waals surface area contributed by atoms with Gasteiger partial charge in [0.05, 0.1) is 19.8 Å². The van der Waals surface area contributed by atoms with E-state index in [9.17, 15) is 19.5 Å². The molecule has 1 fully saturated rings. The van der Waals surface area contributed by atoms with E-state index < -0.39 is 23.5 Å². The van der Waals surface area contributed by atoms with E-state index in [-0.39, 0.29) is 25.0 Å². The Morgan fingerprint density at radius 1 is 1.17 bits per heavy atom. The van der Waals surface area contributed by atoms with Gasteiger partial charge in [-0.1, -0.05) is 0 Å². The van der Waals surface area contributed by atoms with E-state index in [1.807, 2.05) is 0 Å². The average Bonchev–Trinajstić information content (AvgIpc) is 3.05. The quantitative estimate of drug-likeness (QED) is 0.518. The number of hydrogen-bond donors (Lipinski definition) is 1. The highest BCUT2D eigenvalue weighted by atomic mass is 16.5. The maximum absolute atomic E-state index is 11.6. The van der Waals surface area contributed by atoms with Gasteiger partial charge >= 0.3 is 11.9 Å². The lowest BCUT2D eigenvalue weighted by atomic mass is 9.99. The first-order valence-corrected chi connectivity index (χ1v) is 5.81. The molecule has 0 unspecified atom stereocenters. The molecule has 0 aromatic heterocycles. The molecule has 102 valence electrons. The van der Waals surface area contributed by atoms with Crippen molar-refractivity contribution < 1.29 is 29.0 Å². The molecule has 0 aromatic rings. The SMILES string of the molecule is COC(=O)C(CCC(=O)CC1(O)CC1)C(=O)OC. The Kier molecular flexibility index (Phi) is 4.84. The van der Waals surface area contributed by atoms with Crippen LogP contribution in [0.15, 0.2) is 0 Å². The van der Waals surface area contributed by atoms with Crippen LogP contribution in [0.2, 0.25) is 0 Å². The minimum Gasteiger partial charge on any atom is -0.468 e. The van der Waals surface area contributed by atoms with Crippen molar-refractivity contribution in [2.75, 3.05) is 14.2 Å². The number of rotatable bonds is 7. The molecule has 18 heavy (non-hydrogen) atoms. The third kappa shape index (κ3) is 4.10. The minimum absolute atomic E-state index is 0.0499. The van der Waals surface area contributed by atoms with Crippen LogP contribution in [-0.4, -0.2) is 42.6 Å². The van der Waals surface area contributed by atoms with Gasteiger partial charge in [0.1, 0.15) is 5.78 Å². The van der Waals surface area contributed by atoms with E-state index in [0.29, 0.717) is 12.8 Å². The summed E-state index contributed by atoms with van der Waals surface area (Å²) in [4.78, 5) is 34.2. The van der Waals surface area contributed by atoms with Gasteiger partial charge < -0.3 is 14.6 Å². The van der Waals surface area contributed by atoms with Gasteiger partial charge in [-0.05, 0) is 19.3 Å². The summed E-state index contributed by atoms with van der Waals surface area (Å²) in [5.41, 5.74) is -0.844. The fourth-order valence-electron chi connectivity index (χ4n) is 1.70. The van der Waals surface area contributed by atoms with Crippen LogP contribution in [0, 0.1) is 5.92 Å². The van der Waals surface area contributed by atoms with Crippen molar-refractivity contribution in [3.8, 4) is 0 Å². The van der Waals surface area contributed by atoms with Crippen LogP contribution in [0.1, 0.15) is 32.1 Å². The van der Waals surface area contributed by atoms with E-state index in [0.717, 1.165) is 0 Å². The number of ether oxygens (including phenoxy) is 2. The molecule has 1 saturated carbocycles. The lowest BCUT2D eigenvalue weighted by molar-refractivity contribution is -0.159. The Bertz CT molecular complexity index is 328. The molecule has 1 aliphatic rings. The van der Waals surface area contributed by atoms with Crippen LogP contribution in [-0.2, 0) is 23.9 Å². The second-order valence-electron chi connectivity index (χ2n) is 4.58. The summed E-state index contributed by atoms with van der Waals surface area (Å²) in [6, 6.07) is 0. The van der Waals surface area contributed by atoms with Gasteiger partial charge in [0, 0.05) is 12.8 Å². The van der Waals surface area contributed by atoms with Crippen LogP contribution in [0.4, 0.5) is 0 Å². The van der Waals surface area contributed by atoms with Gasteiger partial charge in [-0.25, -0.2) is 0 Å². The van der Waals surface area contributed by atoms with E-state index in [2.05, 4.69) is 9.47 Å². The highest BCUT2D eigenvalue weighted by Crippen LogP contribution is 2.38. The van der Waals surface area contributed by atoms with Crippen molar-refractivity contribution in [3.63, 3.8) is 0 Å². The van der Waals surface area contributed by atoms with Crippen LogP contribution < -0.4 is 0 Å². The second-order valence-corrected chi connectivity index (χ2v) is 4.58. The molecule has 0 amide bonds. The van der Waals surface area contributed by atoms with Gasteiger partial charge in [-0.2, -0.15) is 0 Å². The molecule has 0 bridgehead atoms. The molecule has 6 nitrogen and oxygen atoms in total. The number of carbonyl (C=O) groups is 3. The molecule has 1 N–H and O–H groups in total. The number of aliphatic hydroxyl groups is 1. The van der Waals surface area contributed by atoms with Gasteiger partial charge in [-0.15, -0.1) is 0 Å². The van der Waals surface area contributed by atoms with Gasteiger partial charge in [0.25, 0.3) is 0 Å². The third-order valence-electron chi connectivity index (χ3n) is 3.04. The minimum atomic E-state index is -1.07. The Morgan fingerprint density at radius 2 is 1.67 bits per heavy atom. The van der Waals surface area contributed by atoms with Crippen LogP contribution in [0.25, 0.3) is 0 Å². The second kappa shape index (κ2) is 5.95. The van der Waals surface area contributed by atoms with Crippen molar-refractivity contribution in [2.24, 2.45) is 5.92 Å². The Morgan fingerprint density at radius 3 is 2.06 bits per heavy atom. The summed E-state index contributed by atoms with van der Waals surface area (Å²) in [5, 5.41) is 9.57. The average molecular weight is 258 g/mol. The Balaban J connectivity index is 2.43. The summed E-state index contributed by atoms with van der Waals surface area (Å²) in [6.07, 6.45) is 1.46. The number of Topliss-reactive ketones (excluding diaryl/α,β-unsaturated/α-hetero) is 1. The Labute approximate surface area is 105 Å². The van der Waals surface area contributed by atoms with E-state index >= 15 is 0 Å². The number of carbonyl (C=O) groups excluding carboxylic acids is 3. The molecule has 1 rings (SSSR count). The predicted molar refractivity (Wildman–Crippen MR) is 60.6 cm³/mol. The summed E-state index contributed by atoms with van der Waals surface area (Å²) < 4.78 is 8.96. The molecule has 0 radical (unpaired) electrons. The van der Waals surface area contributed by atoms with Gasteiger partial charge in [-0.3, -0.25) is 14.4 Å². The number of hydrogen-bond acceptors (Lipinski definition) is 6. The Hall–Kier alpha value is -1.43. The number of esters is 2. The molecule has 0 aliphatic heterocycles. The molecule has 0 atom stereocenters. The summed E-state index contributed by atoms with van der Waals surface area (Å²) in [5.74, 6) is -2.65. The van der Waals surface area contributed by atoms with Crippen molar-refractivity contribution >= 4 is 17.7 Å². The standard InChI is InChI=1S/C12H18O6/c1-17-10(14)9(11(15)18-2)4-3-8(13)7-12(16)5-6-12/h9,16H,3-7H2,1-2H3.